The van der Waals surface area contributed by atoms with Crippen LogP contribution in [0.25, 0.3) is 0 Å². The van der Waals surface area contributed by atoms with Crippen molar-refractivity contribution in [3.8, 4) is 0 Å². The van der Waals surface area contributed by atoms with E-state index in [1.165, 1.54) is 0 Å². The molecule has 1 rings (SSSR count). The summed E-state index contributed by atoms with van der Waals surface area (Å²) in [5.41, 5.74) is 0.624. The number of carbonyl (C=O) groups excluding carboxylic acids is 1. The number of benzene rings is 1. The molecule has 1 aromatic rings. The molecule has 0 amide bonds. The average molecular weight is 342 g/mol. The fourth-order valence-electron chi connectivity index (χ4n) is 1.17. The maximum Gasteiger partial charge on any atom is 0.338 e. The van der Waals surface area contributed by atoms with Crippen LogP contribution in [0.5, 0.6) is 0 Å². The van der Waals surface area contributed by atoms with Crippen LogP contribution < -0.4 is 0 Å². The number of aliphatic hydroxyl groups excluding tert-OH is 2. The van der Waals surface area contributed by atoms with Crippen LogP contribution in [-0.2, 0) is 9.47 Å². The van der Waals surface area contributed by atoms with Crippen LogP contribution in [0, 0.1) is 0 Å². The molecular weight excluding hydrogens is 308 g/mol. The second-order valence-electron chi connectivity index (χ2n) is 4.08. The molecule has 0 aromatic heterocycles. The Hall–Kier alpha value is -1.69. The highest BCUT2D eigenvalue weighted by Crippen LogP contribution is 2.01. The number of hydrogen-bond donors (Lipinski definition) is 2. The average Bonchev–Trinajstić information content (AvgIpc) is 2.65. The zero-order chi connectivity index (χ0) is 19.1. The molecule has 0 heterocycles. The van der Waals surface area contributed by atoms with Gasteiger partial charge in [0, 0.05) is 13.2 Å². The second kappa shape index (κ2) is 26.2. The molecule has 0 aliphatic heterocycles. The van der Waals surface area contributed by atoms with Gasteiger partial charge in [-0.3, -0.25) is 0 Å². The van der Waals surface area contributed by atoms with E-state index in [1.807, 2.05) is 32.0 Å². The van der Waals surface area contributed by atoms with Crippen LogP contribution in [0.3, 0.4) is 0 Å². The van der Waals surface area contributed by atoms with Crippen LogP contribution >= 0.6 is 0 Å². The minimum absolute atomic E-state index is 0.125. The molecule has 1 aromatic carbocycles. The molecule has 0 atom stereocenters. The van der Waals surface area contributed by atoms with Gasteiger partial charge in [0.25, 0.3) is 0 Å². The van der Waals surface area contributed by atoms with E-state index in [-0.39, 0.29) is 19.2 Å². The van der Waals surface area contributed by atoms with Crippen LogP contribution in [0.4, 0.5) is 0 Å². The van der Waals surface area contributed by atoms with Crippen molar-refractivity contribution in [3.63, 3.8) is 0 Å². The molecule has 0 fully saturated rings. The maximum atomic E-state index is 11.3. The molecule has 0 saturated heterocycles. The quantitative estimate of drug-likeness (QED) is 0.451. The summed E-state index contributed by atoms with van der Waals surface area (Å²) in [4.78, 5) is 11.3. The molecule has 24 heavy (non-hydrogen) atoms. The maximum absolute atomic E-state index is 11.3. The number of rotatable bonds is 7. The minimum atomic E-state index is -0.228. The first-order valence-electron chi connectivity index (χ1n) is 8.19. The van der Waals surface area contributed by atoms with Gasteiger partial charge in [0.15, 0.2) is 0 Å². The van der Waals surface area contributed by atoms with Gasteiger partial charge in [-0.05, 0) is 32.4 Å². The Labute approximate surface area is 146 Å². The molecular formula is C19H34O5. The van der Waals surface area contributed by atoms with Crippen LogP contribution in [0.1, 0.15) is 44.0 Å². The van der Waals surface area contributed by atoms with Gasteiger partial charge in [-0.2, -0.15) is 0 Å². The second-order valence-corrected chi connectivity index (χ2v) is 4.08. The molecule has 0 unspecified atom stereocenters. The number of esters is 1. The summed E-state index contributed by atoms with van der Waals surface area (Å²) < 4.78 is 9.86. The van der Waals surface area contributed by atoms with Gasteiger partial charge in [-0.25, -0.2) is 4.79 Å². The lowest BCUT2D eigenvalue weighted by molar-refractivity contribution is 0.0499. The molecule has 0 spiro atoms. The lowest BCUT2D eigenvalue weighted by atomic mass is 10.2. The van der Waals surface area contributed by atoms with E-state index in [0.29, 0.717) is 12.2 Å². The number of carbonyl (C=O) groups is 1. The number of ether oxygens (including phenoxy) is 2. The molecule has 140 valence electrons. The highest BCUT2D eigenvalue weighted by atomic mass is 16.5. The number of unbranched alkanes of at least 4 members (excludes halogenated alkanes) is 1. The first kappa shape index (κ1) is 27.2. The highest BCUT2D eigenvalue weighted by Gasteiger charge is 2.03. The van der Waals surface area contributed by atoms with E-state index in [9.17, 15) is 4.79 Å². The smallest absolute Gasteiger partial charge is 0.338 e. The summed E-state index contributed by atoms with van der Waals surface area (Å²) in [6.07, 6.45) is 1.97. The van der Waals surface area contributed by atoms with Crippen molar-refractivity contribution in [3.05, 3.63) is 49.1 Å². The Balaban J connectivity index is -0.000000333. The SMILES string of the molecule is C=C.CCCCOC(=O)c1ccccc1.CCOCC.OCCO. The Morgan fingerprint density at radius 1 is 1.00 bits per heavy atom. The standard InChI is InChI=1S/C11H14O2.C4H10O.C2H6O2.C2H4/c1-2-3-9-13-11(12)10-7-5-4-6-8-10;1-3-5-4-2;3-1-2-4;1-2/h4-8H,2-3,9H2,1H3;3-4H2,1-2H3;3-4H,1-2H2;1-2H2. The first-order chi connectivity index (χ1) is 11.7. The normalized spacial score (nSPS) is 8.38. The summed E-state index contributed by atoms with van der Waals surface area (Å²) in [5, 5.41) is 15.2. The van der Waals surface area contributed by atoms with Crippen molar-refractivity contribution in [1.82, 2.24) is 0 Å². The topological polar surface area (TPSA) is 76.0 Å². The van der Waals surface area contributed by atoms with Gasteiger partial charge in [0.05, 0.1) is 25.4 Å². The summed E-state index contributed by atoms with van der Waals surface area (Å²) in [7, 11) is 0. The van der Waals surface area contributed by atoms with E-state index >= 15 is 0 Å². The van der Waals surface area contributed by atoms with Crippen molar-refractivity contribution in [1.29, 1.82) is 0 Å². The first-order valence-corrected chi connectivity index (χ1v) is 8.19. The van der Waals surface area contributed by atoms with E-state index < -0.39 is 0 Å². The van der Waals surface area contributed by atoms with E-state index in [4.69, 9.17) is 19.7 Å². The fourth-order valence-corrected chi connectivity index (χ4v) is 1.17. The minimum Gasteiger partial charge on any atom is -0.462 e. The van der Waals surface area contributed by atoms with Crippen molar-refractivity contribution in [2.24, 2.45) is 0 Å². The summed E-state index contributed by atoms with van der Waals surface area (Å²) in [6, 6.07) is 9.05. The third-order valence-corrected chi connectivity index (χ3v) is 2.25. The predicted molar refractivity (Wildman–Crippen MR) is 99.2 cm³/mol. The molecule has 0 bridgehead atoms. The van der Waals surface area contributed by atoms with Crippen molar-refractivity contribution in [2.75, 3.05) is 33.0 Å². The van der Waals surface area contributed by atoms with E-state index in [2.05, 4.69) is 20.1 Å². The molecule has 0 saturated carbocycles. The highest BCUT2D eigenvalue weighted by molar-refractivity contribution is 5.89. The fraction of sp³-hybridized carbons (Fsp3) is 0.526. The van der Waals surface area contributed by atoms with Crippen LogP contribution in [0.2, 0.25) is 0 Å². The van der Waals surface area contributed by atoms with Crippen LogP contribution in [-0.4, -0.2) is 49.2 Å². The molecule has 0 radical (unpaired) electrons. The molecule has 5 nitrogen and oxygen atoms in total. The molecule has 5 heteroatoms. The van der Waals surface area contributed by atoms with E-state index in [1.54, 1.807) is 12.1 Å². The summed E-state index contributed by atoms with van der Waals surface area (Å²) >= 11 is 0. The number of hydrogen-bond acceptors (Lipinski definition) is 5. The summed E-state index contributed by atoms with van der Waals surface area (Å²) in [5.74, 6) is -0.228. The van der Waals surface area contributed by atoms with Gasteiger partial charge in [-0.15, -0.1) is 13.2 Å². The third kappa shape index (κ3) is 22.6. The summed E-state index contributed by atoms with van der Waals surface area (Å²) in [6.45, 7) is 14.0. The van der Waals surface area contributed by atoms with E-state index in [0.717, 1.165) is 26.1 Å². The monoisotopic (exact) mass is 342 g/mol. The zero-order valence-corrected chi connectivity index (χ0v) is 15.4. The Morgan fingerprint density at radius 2 is 1.50 bits per heavy atom. The van der Waals surface area contributed by atoms with Crippen LogP contribution in [0.15, 0.2) is 43.5 Å². The van der Waals surface area contributed by atoms with Gasteiger partial charge < -0.3 is 19.7 Å². The van der Waals surface area contributed by atoms with Crippen molar-refractivity contribution >= 4 is 5.97 Å². The Morgan fingerprint density at radius 3 is 1.83 bits per heavy atom. The Kier molecular flexibility index (Phi) is 29.7. The zero-order valence-electron chi connectivity index (χ0n) is 15.4. The lowest BCUT2D eigenvalue weighted by Gasteiger charge is -2.02. The third-order valence-electron chi connectivity index (χ3n) is 2.25. The predicted octanol–water partition coefficient (Wildman–Crippen LogP) is 3.46. The molecule has 2 N–H and O–H groups in total. The molecule has 0 aliphatic rings. The van der Waals surface area contributed by atoms with Crippen molar-refractivity contribution < 1.29 is 24.5 Å². The van der Waals surface area contributed by atoms with Gasteiger partial charge in [0.1, 0.15) is 0 Å². The largest absolute Gasteiger partial charge is 0.462 e. The van der Waals surface area contributed by atoms with Gasteiger partial charge in [0.2, 0.25) is 0 Å². The lowest BCUT2D eigenvalue weighted by Crippen LogP contribution is -2.05. The van der Waals surface area contributed by atoms with Gasteiger partial charge in [-0.1, -0.05) is 31.5 Å². The van der Waals surface area contributed by atoms with Crippen molar-refractivity contribution in [2.45, 2.75) is 33.6 Å². The Bertz CT molecular complexity index is 337. The van der Waals surface area contributed by atoms with Gasteiger partial charge >= 0.3 is 5.97 Å². The number of aliphatic hydroxyl groups is 2. The molecule has 0 aliphatic carbocycles.